The molecular formula is C12H17BrN2O. The standard InChI is InChI=1S/C12H17BrN2O/c1-4-14-12(16)9(3)15-11-7-8(2)5-6-10(11)13/h5-7,9,15H,4H2,1-3H3,(H,14,16). The first kappa shape index (κ1) is 13.0. The summed E-state index contributed by atoms with van der Waals surface area (Å²) in [5.74, 6) is 0.0101. The fourth-order valence-electron chi connectivity index (χ4n) is 1.38. The topological polar surface area (TPSA) is 41.1 Å². The van der Waals surface area contributed by atoms with Gasteiger partial charge in [0.2, 0.25) is 5.91 Å². The number of hydrogen-bond donors (Lipinski definition) is 2. The minimum Gasteiger partial charge on any atom is -0.373 e. The van der Waals surface area contributed by atoms with Crippen LogP contribution >= 0.6 is 15.9 Å². The molecule has 1 rings (SSSR count). The summed E-state index contributed by atoms with van der Waals surface area (Å²) < 4.78 is 0.967. The van der Waals surface area contributed by atoms with E-state index < -0.39 is 0 Å². The minimum absolute atomic E-state index is 0.0101. The number of carbonyl (C=O) groups is 1. The van der Waals surface area contributed by atoms with Crippen LogP contribution in [0.2, 0.25) is 0 Å². The summed E-state index contributed by atoms with van der Waals surface area (Å²) >= 11 is 3.45. The summed E-state index contributed by atoms with van der Waals surface area (Å²) in [6, 6.07) is 5.77. The van der Waals surface area contributed by atoms with Crippen LogP contribution in [-0.2, 0) is 4.79 Å². The second-order valence-corrected chi connectivity index (χ2v) is 4.60. The Kier molecular flexibility index (Phi) is 4.80. The third-order valence-corrected chi connectivity index (χ3v) is 2.93. The molecule has 1 aromatic rings. The van der Waals surface area contributed by atoms with Gasteiger partial charge < -0.3 is 10.6 Å². The monoisotopic (exact) mass is 284 g/mol. The highest BCUT2D eigenvalue weighted by Crippen LogP contribution is 2.23. The molecule has 0 bridgehead atoms. The summed E-state index contributed by atoms with van der Waals surface area (Å²) in [5, 5.41) is 5.96. The maximum atomic E-state index is 11.6. The molecule has 0 radical (unpaired) electrons. The Bertz CT molecular complexity index is 379. The number of nitrogens with one attached hydrogen (secondary N) is 2. The molecule has 0 saturated heterocycles. The number of hydrogen-bond acceptors (Lipinski definition) is 2. The summed E-state index contributed by atoms with van der Waals surface area (Å²) in [7, 11) is 0. The van der Waals surface area contributed by atoms with E-state index in [9.17, 15) is 4.79 Å². The lowest BCUT2D eigenvalue weighted by atomic mass is 10.2. The maximum Gasteiger partial charge on any atom is 0.242 e. The second kappa shape index (κ2) is 5.89. The van der Waals surface area contributed by atoms with E-state index in [-0.39, 0.29) is 11.9 Å². The van der Waals surface area contributed by atoms with Crippen molar-refractivity contribution in [1.82, 2.24) is 5.32 Å². The number of benzene rings is 1. The molecule has 0 aliphatic heterocycles. The van der Waals surface area contributed by atoms with Crippen LogP contribution in [0.3, 0.4) is 0 Å². The minimum atomic E-state index is -0.238. The van der Waals surface area contributed by atoms with Crippen LogP contribution in [0.15, 0.2) is 22.7 Å². The van der Waals surface area contributed by atoms with Gasteiger partial charge in [0.25, 0.3) is 0 Å². The Hall–Kier alpha value is -1.03. The van der Waals surface area contributed by atoms with Gasteiger partial charge in [-0.05, 0) is 54.4 Å². The number of rotatable bonds is 4. The van der Waals surface area contributed by atoms with Crippen LogP contribution in [0, 0.1) is 6.92 Å². The Morgan fingerprint density at radius 3 is 2.81 bits per heavy atom. The molecule has 0 heterocycles. The highest BCUT2D eigenvalue weighted by Gasteiger charge is 2.12. The normalized spacial score (nSPS) is 12.0. The molecular weight excluding hydrogens is 268 g/mol. The van der Waals surface area contributed by atoms with Crippen molar-refractivity contribution in [3.63, 3.8) is 0 Å². The molecule has 1 aromatic carbocycles. The Balaban J connectivity index is 2.72. The molecule has 16 heavy (non-hydrogen) atoms. The van der Waals surface area contributed by atoms with Crippen molar-refractivity contribution in [3.05, 3.63) is 28.2 Å². The van der Waals surface area contributed by atoms with Crippen molar-refractivity contribution in [3.8, 4) is 0 Å². The van der Waals surface area contributed by atoms with Gasteiger partial charge in [0.1, 0.15) is 6.04 Å². The van der Waals surface area contributed by atoms with E-state index in [1.165, 1.54) is 0 Å². The fraction of sp³-hybridized carbons (Fsp3) is 0.417. The quantitative estimate of drug-likeness (QED) is 0.893. The van der Waals surface area contributed by atoms with Gasteiger partial charge in [0.15, 0.2) is 0 Å². The smallest absolute Gasteiger partial charge is 0.242 e. The first-order valence-corrected chi connectivity index (χ1v) is 6.14. The van der Waals surface area contributed by atoms with Gasteiger partial charge in [0.05, 0.1) is 0 Å². The van der Waals surface area contributed by atoms with E-state index in [0.29, 0.717) is 6.54 Å². The zero-order chi connectivity index (χ0) is 12.1. The van der Waals surface area contributed by atoms with E-state index in [1.807, 2.05) is 39.0 Å². The highest BCUT2D eigenvalue weighted by atomic mass is 79.9. The third kappa shape index (κ3) is 3.52. The van der Waals surface area contributed by atoms with Gasteiger partial charge in [-0.15, -0.1) is 0 Å². The first-order valence-electron chi connectivity index (χ1n) is 5.35. The lowest BCUT2D eigenvalue weighted by molar-refractivity contribution is -0.121. The van der Waals surface area contributed by atoms with Crippen molar-refractivity contribution in [2.24, 2.45) is 0 Å². The Labute approximate surface area is 105 Å². The molecule has 88 valence electrons. The van der Waals surface area contributed by atoms with Crippen LogP contribution < -0.4 is 10.6 Å². The van der Waals surface area contributed by atoms with Crippen molar-refractivity contribution < 1.29 is 4.79 Å². The molecule has 2 N–H and O–H groups in total. The summed E-state index contributed by atoms with van der Waals surface area (Å²) in [6.07, 6.45) is 0. The van der Waals surface area contributed by atoms with E-state index in [4.69, 9.17) is 0 Å². The number of aryl methyl sites for hydroxylation is 1. The number of anilines is 1. The van der Waals surface area contributed by atoms with E-state index in [2.05, 4.69) is 26.6 Å². The van der Waals surface area contributed by atoms with E-state index >= 15 is 0 Å². The van der Waals surface area contributed by atoms with Crippen LogP contribution in [0.1, 0.15) is 19.4 Å². The van der Waals surface area contributed by atoms with Crippen LogP contribution in [0.5, 0.6) is 0 Å². The predicted octanol–water partition coefficient (Wildman–Crippen LogP) is 2.69. The van der Waals surface area contributed by atoms with Crippen LogP contribution in [0.25, 0.3) is 0 Å². The van der Waals surface area contributed by atoms with Gasteiger partial charge in [0, 0.05) is 16.7 Å². The summed E-state index contributed by atoms with van der Waals surface area (Å²) in [5.41, 5.74) is 2.10. The van der Waals surface area contributed by atoms with E-state index in [1.54, 1.807) is 0 Å². The average Bonchev–Trinajstić information content (AvgIpc) is 2.23. The summed E-state index contributed by atoms with van der Waals surface area (Å²) in [4.78, 5) is 11.6. The molecule has 0 saturated carbocycles. The third-order valence-electron chi connectivity index (χ3n) is 2.24. The maximum absolute atomic E-state index is 11.6. The predicted molar refractivity (Wildman–Crippen MR) is 70.6 cm³/mol. The fourth-order valence-corrected chi connectivity index (χ4v) is 1.74. The lowest BCUT2D eigenvalue weighted by Gasteiger charge is -2.16. The van der Waals surface area contributed by atoms with Gasteiger partial charge in [-0.2, -0.15) is 0 Å². The molecule has 3 nitrogen and oxygen atoms in total. The van der Waals surface area contributed by atoms with Crippen LogP contribution in [0.4, 0.5) is 5.69 Å². The molecule has 1 unspecified atom stereocenters. The number of carbonyl (C=O) groups excluding carboxylic acids is 1. The van der Waals surface area contributed by atoms with Crippen molar-refractivity contribution in [1.29, 1.82) is 0 Å². The number of amides is 1. The van der Waals surface area contributed by atoms with E-state index in [0.717, 1.165) is 15.7 Å². The first-order chi connectivity index (χ1) is 7.54. The molecule has 0 spiro atoms. The zero-order valence-corrected chi connectivity index (χ0v) is 11.4. The molecule has 0 aliphatic rings. The van der Waals surface area contributed by atoms with Crippen molar-refractivity contribution >= 4 is 27.5 Å². The molecule has 1 atom stereocenters. The molecule has 0 aliphatic carbocycles. The Morgan fingerprint density at radius 2 is 2.19 bits per heavy atom. The second-order valence-electron chi connectivity index (χ2n) is 3.74. The van der Waals surface area contributed by atoms with Gasteiger partial charge in [-0.25, -0.2) is 0 Å². The van der Waals surface area contributed by atoms with Crippen molar-refractivity contribution in [2.45, 2.75) is 26.8 Å². The molecule has 4 heteroatoms. The molecule has 1 amide bonds. The van der Waals surface area contributed by atoms with Gasteiger partial charge in [-0.1, -0.05) is 6.07 Å². The molecule has 0 aromatic heterocycles. The number of likely N-dealkylation sites (N-methyl/N-ethyl adjacent to an activating group) is 1. The van der Waals surface area contributed by atoms with Gasteiger partial charge >= 0.3 is 0 Å². The lowest BCUT2D eigenvalue weighted by Crippen LogP contribution is -2.37. The zero-order valence-electron chi connectivity index (χ0n) is 9.80. The van der Waals surface area contributed by atoms with Crippen LogP contribution in [-0.4, -0.2) is 18.5 Å². The SMILES string of the molecule is CCNC(=O)C(C)Nc1cc(C)ccc1Br. The molecule has 0 fully saturated rings. The largest absolute Gasteiger partial charge is 0.373 e. The van der Waals surface area contributed by atoms with Crippen molar-refractivity contribution in [2.75, 3.05) is 11.9 Å². The van der Waals surface area contributed by atoms with Gasteiger partial charge in [-0.3, -0.25) is 4.79 Å². The summed E-state index contributed by atoms with van der Waals surface area (Å²) in [6.45, 7) is 6.43. The Morgan fingerprint density at radius 1 is 1.50 bits per heavy atom. The number of halogens is 1. The average molecular weight is 285 g/mol. The highest BCUT2D eigenvalue weighted by molar-refractivity contribution is 9.10.